The van der Waals surface area contributed by atoms with Crippen LogP contribution in [0.4, 0.5) is 5.82 Å². The number of unbranched alkanes of at least 4 members (excludes halogenated alkanes) is 1. The van der Waals surface area contributed by atoms with Crippen molar-refractivity contribution >= 4 is 11.7 Å². The Morgan fingerprint density at radius 1 is 1.47 bits per heavy atom. The average molecular weight is 263 g/mol. The fourth-order valence-electron chi connectivity index (χ4n) is 2.26. The second-order valence-corrected chi connectivity index (χ2v) is 4.78. The van der Waals surface area contributed by atoms with Gasteiger partial charge in [-0.1, -0.05) is 6.07 Å². The summed E-state index contributed by atoms with van der Waals surface area (Å²) in [6.07, 6.45) is 5.52. The van der Waals surface area contributed by atoms with E-state index in [1.165, 1.54) is 19.1 Å². The van der Waals surface area contributed by atoms with Crippen molar-refractivity contribution in [1.29, 1.82) is 0 Å². The third kappa shape index (κ3) is 4.21. The van der Waals surface area contributed by atoms with Gasteiger partial charge < -0.3 is 5.32 Å². The van der Waals surface area contributed by atoms with Crippen LogP contribution < -0.4 is 10.8 Å². The van der Waals surface area contributed by atoms with E-state index < -0.39 is 0 Å². The number of aromatic nitrogens is 1. The van der Waals surface area contributed by atoms with E-state index in [0.717, 1.165) is 43.7 Å². The highest BCUT2D eigenvalue weighted by Crippen LogP contribution is 2.20. The van der Waals surface area contributed by atoms with E-state index in [1.54, 1.807) is 0 Å². The molecule has 1 aromatic heterocycles. The third-order valence-electron chi connectivity index (χ3n) is 3.25. The van der Waals surface area contributed by atoms with Crippen molar-refractivity contribution in [2.45, 2.75) is 38.5 Å². The van der Waals surface area contributed by atoms with Crippen molar-refractivity contribution in [3.8, 4) is 0 Å². The average Bonchev–Trinajstić information content (AvgIpc) is 2.44. The highest BCUT2D eigenvalue weighted by atomic mass is 16.6. The molecule has 0 saturated heterocycles. The van der Waals surface area contributed by atoms with Gasteiger partial charge in [0.2, 0.25) is 5.91 Å². The summed E-state index contributed by atoms with van der Waals surface area (Å²) in [7, 11) is 1.45. The molecule has 0 unspecified atom stereocenters. The molecule has 0 spiro atoms. The number of fused-ring (bicyclic) bond motifs is 1. The molecule has 2 N–H and O–H groups in total. The van der Waals surface area contributed by atoms with Gasteiger partial charge in [0.05, 0.1) is 7.11 Å². The Kier molecular flexibility index (Phi) is 5.15. The summed E-state index contributed by atoms with van der Waals surface area (Å²) in [5.74, 6) is 0.975. The summed E-state index contributed by atoms with van der Waals surface area (Å²) in [5, 5.41) is 3.34. The lowest BCUT2D eigenvalue weighted by atomic mass is 10.1. The van der Waals surface area contributed by atoms with E-state index in [4.69, 9.17) is 0 Å². The number of amides is 1. The Bertz CT molecular complexity index is 435. The number of hydrogen-bond acceptors (Lipinski definition) is 4. The zero-order valence-electron chi connectivity index (χ0n) is 11.4. The van der Waals surface area contributed by atoms with Gasteiger partial charge in [-0.2, -0.15) is 0 Å². The number of nitrogens with one attached hydrogen (secondary N) is 2. The highest BCUT2D eigenvalue weighted by Gasteiger charge is 2.10. The number of hydrogen-bond donors (Lipinski definition) is 2. The highest BCUT2D eigenvalue weighted by molar-refractivity contribution is 5.74. The van der Waals surface area contributed by atoms with Gasteiger partial charge in [0.1, 0.15) is 5.82 Å². The van der Waals surface area contributed by atoms with Crippen LogP contribution in [0.1, 0.15) is 36.9 Å². The zero-order valence-corrected chi connectivity index (χ0v) is 11.4. The lowest BCUT2D eigenvalue weighted by Crippen LogP contribution is -2.21. The quantitative estimate of drug-likeness (QED) is 0.607. The lowest BCUT2D eigenvalue weighted by Gasteiger charge is -2.17. The first kappa shape index (κ1) is 13.8. The molecular formula is C14H21N3O2. The van der Waals surface area contributed by atoms with E-state index in [0.29, 0.717) is 6.42 Å². The number of aryl methyl sites for hydroxylation is 2. The molecule has 1 amide bonds. The maximum Gasteiger partial charge on any atom is 0.243 e. The molecular weight excluding hydrogens is 242 g/mol. The maximum absolute atomic E-state index is 11.2. The number of carbonyl (C=O) groups excluding carboxylic acids is 1. The van der Waals surface area contributed by atoms with Gasteiger partial charge in [0, 0.05) is 18.7 Å². The van der Waals surface area contributed by atoms with Crippen LogP contribution in [0.2, 0.25) is 0 Å². The number of rotatable bonds is 6. The van der Waals surface area contributed by atoms with Crippen molar-refractivity contribution in [1.82, 2.24) is 10.5 Å². The van der Waals surface area contributed by atoms with Crippen LogP contribution in [0.15, 0.2) is 12.1 Å². The standard InChI is InChI=1S/C14H21N3O2/c1-19-17-13(18)7-3-2-6-12-9-8-11-5-4-10-15-14(11)16-12/h8-9H,2-7,10H2,1H3,(H,15,16)(H,17,18). The number of anilines is 1. The summed E-state index contributed by atoms with van der Waals surface area (Å²) < 4.78 is 0. The molecule has 2 rings (SSSR count). The zero-order chi connectivity index (χ0) is 13.5. The summed E-state index contributed by atoms with van der Waals surface area (Å²) in [4.78, 5) is 20.4. The van der Waals surface area contributed by atoms with Crippen LogP contribution in [-0.4, -0.2) is 24.5 Å². The Labute approximate surface area is 113 Å². The van der Waals surface area contributed by atoms with Gasteiger partial charge in [-0.15, -0.1) is 0 Å². The van der Waals surface area contributed by atoms with Crippen LogP contribution in [0.5, 0.6) is 0 Å². The van der Waals surface area contributed by atoms with Crippen molar-refractivity contribution < 1.29 is 9.63 Å². The number of pyridine rings is 1. The Morgan fingerprint density at radius 3 is 3.21 bits per heavy atom. The Balaban J connectivity index is 1.75. The molecule has 0 saturated carbocycles. The second kappa shape index (κ2) is 7.09. The molecule has 0 aliphatic carbocycles. The molecule has 0 fully saturated rings. The Hall–Kier alpha value is -1.62. The molecule has 2 heterocycles. The van der Waals surface area contributed by atoms with Gasteiger partial charge in [0.15, 0.2) is 0 Å². The summed E-state index contributed by atoms with van der Waals surface area (Å²) in [5.41, 5.74) is 4.73. The van der Waals surface area contributed by atoms with Crippen molar-refractivity contribution in [3.05, 3.63) is 23.4 Å². The molecule has 19 heavy (non-hydrogen) atoms. The molecule has 1 aromatic rings. The molecule has 1 aliphatic heterocycles. The van der Waals surface area contributed by atoms with Crippen LogP contribution in [0, 0.1) is 0 Å². The van der Waals surface area contributed by atoms with E-state index in [9.17, 15) is 4.79 Å². The molecule has 1 aliphatic rings. The first-order valence-corrected chi connectivity index (χ1v) is 6.84. The largest absolute Gasteiger partial charge is 0.370 e. The lowest BCUT2D eigenvalue weighted by molar-refractivity contribution is -0.131. The molecule has 0 radical (unpaired) electrons. The Morgan fingerprint density at radius 2 is 2.37 bits per heavy atom. The van der Waals surface area contributed by atoms with Crippen LogP contribution in [0.25, 0.3) is 0 Å². The number of carbonyl (C=O) groups is 1. The minimum Gasteiger partial charge on any atom is -0.370 e. The maximum atomic E-state index is 11.2. The molecule has 5 heteroatoms. The summed E-state index contributed by atoms with van der Waals surface area (Å²) in [6, 6.07) is 4.27. The predicted molar refractivity (Wildman–Crippen MR) is 73.8 cm³/mol. The monoisotopic (exact) mass is 263 g/mol. The van der Waals surface area contributed by atoms with Gasteiger partial charge in [-0.3, -0.25) is 9.63 Å². The first-order chi connectivity index (χ1) is 9.29. The third-order valence-corrected chi connectivity index (χ3v) is 3.25. The minimum absolute atomic E-state index is 0.0671. The van der Waals surface area contributed by atoms with Crippen LogP contribution in [-0.2, 0) is 22.5 Å². The van der Waals surface area contributed by atoms with Gasteiger partial charge >= 0.3 is 0 Å². The topological polar surface area (TPSA) is 63.2 Å². The van der Waals surface area contributed by atoms with E-state index in [-0.39, 0.29) is 5.91 Å². The molecule has 0 atom stereocenters. The van der Waals surface area contributed by atoms with Gasteiger partial charge in [0.25, 0.3) is 0 Å². The van der Waals surface area contributed by atoms with E-state index >= 15 is 0 Å². The summed E-state index contributed by atoms with van der Waals surface area (Å²) in [6.45, 7) is 1.01. The van der Waals surface area contributed by atoms with Crippen molar-refractivity contribution in [3.63, 3.8) is 0 Å². The number of hydroxylamine groups is 1. The van der Waals surface area contributed by atoms with E-state index in [1.807, 2.05) is 0 Å². The normalized spacial score (nSPS) is 13.5. The fraction of sp³-hybridized carbons (Fsp3) is 0.571. The van der Waals surface area contributed by atoms with Crippen LogP contribution in [0.3, 0.4) is 0 Å². The van der Waals surface area contributed by atoms with Gasteiger partial charge in [-0.05, 0) is 43.7 Å². The first-order valence-electron chi connectivity index (χ1n) is 6.84. The van der Waals surface area contributed by atoms with Gasteiger partial charge in [-0.25, -0.2) is 10.5 Å². The second-order valence-electron chi connectivity index (χ2n) is 4.78. The SMILES string of the molecule is CONC(=O)CCCCc1ccc2c(n1)NCCC2. The molecule has 5 nitrogen and oxygen atoms in total. The molecule has 104 valence electrons. The molecule has 0 bridgehead atoms. The van der Waals surface area contributed by atoms with Crippen molar-refractivity contribution in [2.24, 2.45) is 0 Å². The molecule has 0 aromatic carbocycles. The summed E-state index contributed by atoms with van der Waals surface area (Å²) >= 11 is 0. The minimum atomic E-state index is -0.0671. The smallest absolute Gasteiger partial charge is 0.243 e. The van der Waals surface area contributed by atoms with E-state index in [2.05, 4.69) is 32.8 Å². The predicted octanol–water partition coefficient (Wildman–Crippen LogP) is 1.83. The van der Waals surface area contributed by atoms with Crippen LogP contribution >= 0.6 is 0 Å². The fourth-order valence-corrected chi connectivity index (χ4v) is 2.26. The van der Waals surface area contributed by atoms with Crippen molar-refractivity contribution in [2.75, 3.05) is 19.0 Å². The number of nitrogens with zero attached hydrogens (tertiary/aromatic N) is 1.